The third-order valence-corrected chi connectivity index (χ3v) is 2.05. The molecule has 1 saturated heterocycles. The minimum atomic E-state index is -0.472. The van der Waals surface area contributed by atoms with Gasteiger partial charge >= 0.3 is 5.97 Å². The average Bonchev–Trinajstić information content (AvgIpc) is 2.30. The molecule has 68 valence electrons. The van der Waals surface area contributed by atoms with Crippen molar-refractivity contribution in [3.63, 3.8) is 0 Å². The largest absolute Gasteiger partial charge is 0.462 e. The molecule has 1 aliphatic heterocycles. The Bertz CT molecular complexity index is 198. The molecular weight excluding hydrogens is 156 g/mol. The first-order chi connectivity index (χ1) is 5.65. The van der Waals surface area contributed by atoms with Crippen LogP contribution >= 0.6 is 0 Å². The van der Waals surface area contributed by atoms with Crippen LogP contribution in [0, 0.1) is 5.92 Å². The lowest BCUT2D eigenvalue weighted by atomic mass is 9.97. The zero-order valence-corrected chi connectivity index (χ0v) is 7.50. The van der Waals surface area contributed by atoms with Crippen molar-refractivity contribution >= 4 is 11.8 Å². The second-order valence-electron chi connectivity index (χ2n) is 3.25. The summed E-state index contributed by atoms with van der Waals surface area (Å²) in [7, 11) is 0. The van der Waals surface area contributed by atoms with Gasteiger partial charge in [-0.05, 0) is 13.3 Å². The number of carbonyl (C=O) groups is 2. The SMILES string of the molecule is CCCC(=O)[C@@H]1C[C@@H](C)OC1=O. The van der Waals surface area contributed by atoms with Crippen molar-refractivity contribution in [3.8, 4) is 0 Å². The molecule has 0 aromatic heterocycles. The van der Waals surface area contributed by atoms with Gasteiger partial charge in [0.2, 0.25) is 0 Å². The van der Waals surface area contributed by atoms with E-state index in [9.17, 15) is 9.59 Å². The second-order valence-corrected chi connectivity index (χ2v) is 3.25. The number of hydrogen-bond donors (Lipinski definition) is 0. The Labute approximate surface area is 72.1 Å². The molecule has 0 aromatic rings. The van der Waals surface area contributed by atoms with E-state index >= 15 is 0 Å². The number of cyclic esters (lactones) is 1. The Morgan fingerprint density at radius 2 is 2.33 bits per heavy atom. The lowest BCUT2D eigenvalue weighted by Crippen LogP contribution is -2.18. The van der Waals surface area contributed by atoms with E-state index in [2.05, 4.69) is 0 Å². The van der Waals surface area contributed by atoms with Gasteiger partial charge in [0.1, 0.15) is 17.8 Å². The van der Waals surface area contributed by atoms with Crippen molar-refractivity contribution in [2.45, 2.75) is 39.2 Å². The molecule has 3 nitrogen and oxygen atoms in total. The Kier molecular flexibility index (Phi) is 2.84. The van der Waals surface area contributed by atoms with Crippen molar-refractivity contribution in [2.24, 2.45) is 5.92 Å². The molecule has 1 heterocycles. The summed E-state index contributed by atoms with van der Waals surface area (Å²) in [5.74, 6) is -0.771. The molecule has 0 N–H and O–H groups in total. The van der Waals surface area contributed by atoms with Crippen LogP contribution in [0.5, 0.6) is 0 Å². The predicted octanol–water partition coefficient (Wildman–Crippen LogP) is 1.31. The molecule has 0 radical (unpaired) electrons. The van der Waals surface area contributed by atoms with Crippen molar-refractivity contribution in [2.75, 3.05) is 0 Å². The lowest BCUT2D eigenvalue weighted by Gasteiger charge is -2.01. The molecule has 1 aliphatic rings. The highest BCUT2D eigenvalue weighted by Gasteiger charge is 2.36. The van der Waals surface area contributed by atoms with Crippen LogP contribution < -0.4 is 0 Å². The molecule has 0 unspecified atom stereocenters. The normalized spacial score (nSPS) is 28.7. The third-order valence-electron chi connectivity index (χ3n) is 2.05. The van der Waals surface area contributed by atoms with Crippen LogP contribution in [-0.2, 0) is 14.3 Å². The zero-order valence-electron chi connectivity index (χ0n) is 7.50. The molecule has 0 aromatic carbocycles. The number of hydrogen-bond acceptors (Lipinski definition) is 3. The molecule has 0 bridgehead atoms. The second kappa shape index (κ2) is 3.70. The summed E-state index contributed by atoms with van der Waals surface area (Å²) >= 11 is 0. The molecule has 0 aliphatic carbocycles. The van der Waals surface area contributed by atoms with E-state index in [-0.39, 0.29) is 17.9 Å². The van der Waals surface area contributed by atoms with Gasteiger partial charge in [0, 0.05) is 12.8 Å². The molecule has 0 amide bonds. The van der Waals surface area contributed by atoms with E-state index in [1.54, 1.807) is 0 Å². The molecule has 0 spiro atoms. The maximum absolute atomic E-state index is 11.3. The zero-order chi connectivity index (χ0) is 9.14. The van der Waals surface area contributed by atoms with Crippen molar-refractivity contribution in [1.29, 1.82) is 0 Å². The number of Topliss-reactive ketones (excluding diaryl/α,β-unsaturated/α-hetero) is 1. The maximum atomic E-state index is 11.3. The standard InChI is InChI=1S/C9H14O3/c1-3-4-8(10)7-5-6(2)12-9(7)11/h6-7H,3-5H2,1-2H3/t6-,7+/m1/s1. The van der Waals surface area contributed by atoms with E-state index in [1.807, 2.05) is 13.8 Å². The Morgan fingerprint density at radius 3 is 2.75 bits per heavy atom. The highest BCUT2D eigenvalue weighted by molar-refractivity contribution is 6.00. The van der Waals surface area contributed by atoms with Gasteiger partial charge in [-0.2, -0.15) is 0 Å². The average molecular weight is 170 g/mol. The van der Waals surface area contributed by atoms with Crippen LogP contribution in [0.25, 0.3) is 0 Å². The summed E-state index contributed by atoms with van der Waals surface area (Å²) < 4.78 is 4.88. The number of ether oxygens (including phenoxy) is 1. The summed E-state index contributed by atoms with van der Waals surface area (Å²) in [5.41, 5.74) is 0. The van der Waals surface area contributed by atoms with Crippen LogP contribution in [0.15, 0.2) is 0 Å². The highest BCUT2D eigenvalue weighted by Crippen LogP contribution is 2.22. The number of esters is 1. The summed E-state index contributed by atoms with van der Waals surface area (Å²) in [6, 6.07) is 0. The summed E-state index contributed by atoms with van der Waals surface area (Å²) in [6.45, 7) is 3.75. The fourth-order valence-electron chi connectivity index (χ4n) is 1.44. The maximum Gasteiger partial charge on any atom is 0.316 e. The quantitative estimate of drug-likeness (QED) is 0.473. The first-order valence-electron chi connectivity index (χ1n) is 4.38. The molecule has 2 atom stereocenters. The van der Waals surface area contributed by atoms with Gasteiger partial charge < -0.3 is 4.74 Å². The summed E-state index contributed by atoms with van der Waals surface area (Å²) in [6.07, 6.45) is 1.78. The van der Waals surface area contributed by atoms with Crippen LogP contribution in [-0.4, -0.2) is 17.9 Å². The predicted molar refractivity (Wildman–Crippen MR) is 43.6 cm³/mol. The molecule has 12 heavy (non-hydrogen) atoms. The van der Waals surface area contributed by atoms with E-state index in [1.165, 1.54) is 0 Å². The Hall–Kier alpha value is -0.860. The van der Waals surface area contributed by atoms with Crippen molar-refractivity contribution in [3.05, 3.63) is 0 Å². The van der Waals surface area contributed by atoms with E-state index < -0.39 is 5.92 Å². The lowest BCUT2D eigenvalue weighted by molar-refractivity contribution is -0.146. The Balaban J connectivity index is 2.52. The van der Waals surface area contributed by atoms with E-state index in [0.717, 1.165) is 6.42 Å². The fourth-order valence-corrected chi connectivity index (χ4v) is 1.44. The minimum Gasteiger partial charge on any atom is -0.462 e. The minimum absolute atomic E-state index is 0.0341. The fraction of sp³-hybridized carbons (Fsp3) is 0.778. The third kappa shape index (κ3) is 1.84. The first-order valence-corrected chi connectivity index (χ1v) is 4.38. The molecule has 1 rings (SSSR count). The van der Waals surface area contributed by atoms with E-state index in [4.69, 9.17) is 4.74 Å². The smallest absolute Gasteiger partial charge is 0.316 e. The van der Waals surface area contributed by atoms with Gasteiger partial charge in [-0.3, -0.25) is 9.59 Å². The van der Waals surface area contributed by atoms with Crippen molar-refractivity contribution < 1.29 is 14.3 Å². The number of carbonyl (C=O) groups excluding carboxylic acids is 2. The van der Waals surface area contributed by atoms with Crippen molar-refractivity contribution in [1.82, 2.24) is 0 Å². The molecule has 1 fully saturated rings. The van der Waals surface area contributed by atoms with E-state index in [0.29, 0.717) is 12.8 Å². The van der Waals surface area contributed by atoms with Gasteiger partial charge in [0.25, 0.3) is 0 Å². The van der Waals surface area contributed by atoms with Crippen LogP contribution in [0.4, 0.5) is 0 Å². The van der Waals surface area contributed by atoms with Crippen LogP contribution in [0.1, 0.15) is 33.1 Å². The van der Waals surface area contributed by atoms with Gasteiger partial charge in [-0.25, -0.2) is 0 Å². The molecule has 3 heteroatoms. The van der Waals surface area contributed by atoms with Gasteiger partial charge in [-0.1, -0.05) is 6.92 Å². The van der Waals surface area contributed by atoms with Gasteiger partial charge in [-0.15, -0.1) is 0 Å². The molecular formula is C9H14O3. The van der Waals surface area contributed by atoms with Gasteiger partial charge in [0.15, 0.2) is 0 Å². The Morgan fingerprint density at radius 1 is 1.67 bits per heavy atom. The number of ketones is 1. The summed E-state index contributed by atoms with van der Waals surface area (Å²) in [4.78, 5) is 22.4. The first kappa shape index (κ1) is 9.23. The summed E-state index contributed by atoms with van der Waals surface area (Å²) in [5, 5.41) is 0. The number of rotatable bonds is 3. The molecule has 0 saturated carbocycles. The monoisotopic (exact) mass is 170 g/mol. The van der Waals surface area contributed by atoms with Crippen LogP contribution in [0.3, 0.4) is 0 Å². The van der Waals surface area contributed by atoms with Gasteiger partial charge in [0.05, 0.1) is 0 Å². The highest BCUT2D eigenvalue weighted by atomic mass is 16.5. The topological polar surface area (TPSA) is 43.4 Å². The van der Waals surface area contributed by atoms with Crippen LogP contribution in [0.2, 0.25) is 0 Å².